The van der Waals surface area contributed by atoms with E-state index in [2.05, 4.69) is 0 Å². The molecule has 0 N–H and O–H groups in total. The summed E-state index contributed by atoms with van der Waals surface area (Å²) in [6, 6.07) is 9.59. The van der Waals surface area contributed by atoms with Crippen LogP contribution in [0.2, 0.25) is 0 Å². The minimum atomic E-state index is -2.77. The number of hydrogen-bond donors (Lipinski definition) is 0. The van der Waals surface area contributed by atoms with E-state index in [1.165, 1.54) is 0 Å². The van der Waals surface area contributed by atoms with Gasteiger partial charge in [-0.25, -0.2) is 8.78 Å². The standard InChI is InChI=1S/C17H23F2NO3/c18-17(19,15-7-10-20(11-8-15)16(21)22)9-4-12-23-13-14-5-2-1-3-6-14/h1-3,5-6,15H,4,7-13H2,(H,21,22)/p-1. The van der Waals surface area contributed by atoms with Gasteiger partial charge >= 0.3 is 0 Å². The number of likely N-dealkylation sites (tertiary alicyclic amines) is 1. The summed E-state index contributed by atoms with van der Waals surface area (Å²) in [4.78, 5) is 11.8. The number of carbonyl (C=O) groups is 1. The third-order valence-electron chi connectivity index (χ3n) is 4.26. The molecule has 1 amide bonds. The van der Waals surface area contributed by atoms with Crippen LogP contribution in [0.1, 0.15) is 31.2 Å². The molecule has 0 aromatic heterocycles. The molecule has 0 atom stereocenters. The largest absolute Gasteiger partial charge is 0.530 e. The van der Waals surface area contributed by atoms with Gasteiger partial charge in [0.1, 0.15) is 6.09 Å². The summed E-state index contributed by atoms with van der Waals surface area (Å²) in [5.74, 6) is -3.53. The van der Waals surface area contributed by atoms with Gasteiger partial charge in [-0.3, -0.25) is 0 Å². The first-order valence-electron chi connectivity index (χ1n) is 7.94. The van der Waals surface area contributed by atoms with E-state index in [0.29, 0.717) is 19.6 Å². The van der Waals surface area contributed by atoms with Gasteiger partial charge in [-0.2, -0.15) is 0 Å². The van der Waals surface area contributed by atoms with Crippen molar-refractivity contribution >= 4 is 6.09 Å². The topological polar surface area (TPSA) is 52.6 Å². The fourth-order valence-corrected chi connectivity index (χ4v) is 2.86. The number of carboxylic acid groups (broad SMARTS) is 1. The number of halogens is 2. The lowest BCUT2D eigenvalue weighted by atomic mass is 9.88. The number of nitrogens with zero attached hydrogens (tertiary/aromatic N) is 1. The normalized spacial score (nSPS) is 16.5. The summed E-state index contributed by atoms with van der Waals surface area (Å²) < 4.78 is 33.7. The Hall–Kier alpha value is -1.69. The van der Waals surface area contributed by atoms with Crippen LogP contribution in [0.3, 0.4) is 0 Å². The van der Waals surface area contributed by atoms with Crippen LogP contribution in [-0.4, -0.2) is 36.6 Å². The highest BCUT2D eigenvalue weighted by molar-refractivity contribution is 5.62. The molecule has 1 heterocycles. The predicted octanol–water partition coefficient (Wildman–Crippen LogP) is 2.67. The van der Waals surface area contributed by atoms with Gasteiger partial charge in [-0.05, 0) is 24.8 Å². The molecule has 2 rings (SSSR count). The van der Waals surface area contributed by atoms with E-state index >= 15 is 0 Å². The second-order valence-corrected chi connectivity index (χ2v) is 5.93. The van der Waals surface area contributed by atoms with E-state index in [0.717, 1.165) is 10.5 Å². The lowest BCUT2D eigenvalue weighted by Gasteiger charge is -2.37. The minimum absolute atomic E-state index is 0.132. The lowest BCUT2D eigenvalue weighted by molar-refractivity contribution is -0.267. The number of piperidine rings is 1. The number of benzene rings is 1. The van der Waals surface area contributed by atoms with E-state index in [9.17, 15) is 18.7 Å². The summed E-state index contributed by atoms with van der Waals surface area (Å²) >= 11 is 0. The molecule has 1 saturated heterocycles. The van der Waals surface area contributed by atoms with Gasteiger partial charge < -0.3 is 19.5 Å². The van der Waals surface area contributed by atoms with E-state index in [-0.39, 0.29) is 32.4 Å². The Bertz CT molecular complexity index is 488. The zero-order valence-corrected chi connectivity index (χ0v) is 13.0. The molecule has 0 radical (unpaired) electrons. The molecule has 0 saturated carbocycles. The van der Waals surface area contributed by atoms with Crippen LogP contribution in [0, 0.1) is 5.92 Å². The maximum atomic E-state index is 14.2. The smallest absolute Gasteiger partial charge is 0.251 e. The van der Waals surface area contributed by atoms with E-state index in [1.54, 1.807) is 0 Å². The quantitative estimate of drug-likeness (QED) is 0.724. The molecule has 1 aromatic carbocycles. The first kappa shape index (κ1) is 17.7. The number of rotatable bonds is 7. The third-order valence-corrected chi connectivity index (χ3v) is 4.26. The minimum Gasteiger partial charge on any atom is -0.530 e. The maximum absolute atomic E-state index is 14.2. The monoisotopic (exact) mass is 326 g/mol. The fraction of sp³-hybridized carbons (Fsp3) is 0.588. The molecule has 0 bridgehead atoms. The SMILES string of the molecule is O=C([O-])N1CCC(C(F)(F)CCCOCc2ccccc2)CC1. The predicted molar refractivity (Wildman–Crippen MR) is 80.0 cm³/mol. The Balaban J connectivity index is 1.65. The van der Waals surface area contributed by atoms with E-state index in [1.807, 2.05) is 30.3 Å². The van der Waals surface area contributed by atoms with Crippen molar-refractivity contribution in [3.63, 3.8) is 0 Å². The lowest BCUT2D eigenvalue weighted by Crippen LogP contribution is -2.48. The molecule has 23 heavy (non-hydrogen) atoms. The molecular formula is C17H22F2NO3-. The number of alkyl halides is 2. The average Bonchev–Trinajstić information content (AvgIpc) is 2.55. The van der Waals surface area contributed by atoms with Gasteiger partial charge in [0.05, 0.1) is 6.61 Å². The van der Waals surface area contributed by atoms with Crippen molar-refractivity contribution in [3.05, 3.63) is 35.9 Å². The Labute approximate surface area is 135 Å². The van der Waals surface area contributed by atoms with Crippen LogP contribution in [0.15, 0.2) is 30.3 Å². The molecule has 1 fully saturated rings. The highest BCUT2D eigenvalue weighted by atomic mass is 19.3. The summed E-state index contributed by atoms with van der Waals surface area (Å²) in [7, 11) is 0. The Kier molecular flexibility index (Phi) is 6.33. The number of hydrogen-bond acceptors (Lipinski definition) is 3. The molecule has 0 unspecified atom stereocenters. The first-order valence-corrected chi connectivity index (χ1v) is 7.94. The van der Waals surface area contributed by atoms with Crippen LogP contribution in [0.4, 0.5) is 13.6 Å². The van der Waals surface area contributed by atoms with Crippen molar-refractivity contribution in [2.45, 2.75) is 38.2 Å². The fourth-order valence-electron chi connectivity index (χ4n) is 2.86. The highest BCUT2D eigenvalue weighted by Crippen LogP contribution is 2.36. The van der Waals surface area contributed by atoms with E-state index in [4.69, 9.17) is 4.74 Å². The molecule has 0 spiro atoms. The molecule has 6 heteroatoms. The number of amides is 1. The third kappa shape index (κ3) is 5.46. The van der Waals surface area contributed by atoms with Crippen LogP contribution in [0.25, 0.3) is 0 Å². The van der Waals surface area contributed by atoms with Gasteiger partial charge in [-0.1, -0.05) is 30.3 Å². The summed E-state index contributed by atoms with van der Waals surface area (Å²) in [6.45, 7) is 0.985. The Morgan fingerprint density at radius 2 is 1.91 bits per heavy atom. The highest BCUT2D eigenvalue weighted by Gasteiger charge is 2.40. The Morgan fingerprint density at radius 3 is 2.52 bits per heavy atom. The van der Waals surface area contributed by atoms with Crippen LogP contribution < -0.4 is 5.11 Å². The molecular weight excluding hydrogens is 304 g/mol. The van der Waals surface area contributed by atoms with Gasteiger partial charge in [0.2, 0.25) is 0 Å². The molecule has 4 nitrogen and oxygen atoms in total. The van der Waals surface area contributed by atoms with Gasteiger partial charge in [-0.15, -0.1) is 0 Å². The van der Waals surface area contributed by atoms with Gasteiger partial charge in [0, 0.05) is 32.0 Å². The van der Waals surface area contributed by atoms with Crippen molar-refractivity contribution in [1.29, 1.82) is 0 Å². The molecule has 1 aromatic rings. The Morgan fingerprint density at radius 1 is 1.26 bits per heavy atom. The number of ether oxygens (including phenoxy) is 1. The van der Waals surface area contributed by atoms with Crippen LogP contribution >= 0.6 is 0 Å². The van der Waals surface area contributed by atoms with Crippen molar-refractivity contribution in [2.24, 2.45) is 5.92 Å². The molecule has 0 aliphatic carbocycles. The number of carbonyl (C=O) groups excluding carboxylic acids is 1. The van der Waals surface area contributed by atoms with Gasteiger partial charge in [0.25, 0.3) is 5.92 Å². The molecule has 128 valence electrons. The van der Waals surface area contributed by atoms with Crippen molar-refractivity contribution in [1.82, 2.24) is 4.90 Å². The molecule has 1 aliphatic heterocycles. The van der Waals surface area contributed by atoms with E-state index < -0.39 is 17.9 Å². The first-order chi connectivity index (χ1) is 11.0. The van der Waals surface area contributed by atoms with Crippen molar-refractivity contribution < 1.29 is 23.4 Å². The zero-order chi connectivity index (χ0) is 16.7. The second kappa shape index (κ2) is 8.24. The second-order valence-electron chi connectivity index (χ2n) is 5.93. The summed E-state index contributed by atoms with van der Waals surface area (Å²) in [6.07, 6.45) is -0.836. The van der Waals surface area contributed by atoms with Gasteiger partial charge in [0.15, 0.2) is 0 Å². The van der Waals surface area contributed by atoms with Crippen LogP contribution in [-0.2, 0) is 11.3 Å². The van der Waals surface area contributed by atoms with Crippen molar-refractivity contribution in [2.75, 3.05) is 19.7 Å². The zero-order valence-electron chi connectivity index (χ0n) is 13.0. The maximum Gasteiger partial charge on any atom is 0.251 e. The molecule has 1 aliphatic rings. The average molecular weight is 326 g/mol. The summed E-state index contributed by atoms with van der Waals surface area (Å²) in [5, 5.41) is 10.7. The van der Waals surface area contributed by atoms with Crippen molar-refractivity contribution in [3.8, 4) is 0 Å². The van der Waals surface area contributed by atoms with Crippen LogP contribution in [0.5, 0.6) is 0 Å². The summed E-state index contributed by atoms with van der Waals surface area (Å²) in [5.41, 5.74) is 1.02.